The number of sulfonamides is 1. The van der Waals surface area contributed by atoms with E-state index in [4.69, 9.17) is 4.74 Å². The van der Waals surface area contributed by atoms with Gasteiger partial charge in [-0.3, -0.25) is 14.8 Å². The van der Waals surface area contributed by atoms with Gasteiger partial charge < -0.3 is 4.74 Å². The smallest absolute Gasteiger partial charge is 0.306 e. The molecule has 0 heterocycles. The van der Waals surface area contributed by atoms with Crippen LogP contribution in [0.3, 0.4) is 0 Å². The lowest BCUT2D eigenvalue weighted by atomic mass is 10.3. The van der Waals surface area contributed by atoms with E-state index in [9.17, 15) is 22.9 Å². The quantitative estimate of drug-likeness (QED) is 0.644. The van der Waals surface area contributed by atoms with Gasteiger partial charge in [0.05, 0.1) is 22.1 Å². The predicted molar refractivity (Wildman–Crippen MR) is 81.5 cm³/mol. The predicted octanol–water partition coefficient (Wildman–Crippen LogP) is 2.93. The lowest BCUT2D eigenvalue weighted by molar-refractivity contribution is -0.387. The van der Waals surface area contributed by atoms with Crippen LogP contribution in [0.15, 0.2) is 47.4 Å². The highest BCUT2D eigenvalue weighted by Gasteiger charge is 2.22. The second-order valence-electron chi connectivity index (χ2n) is 4.40. The second kappa shape index (κ2) is 6.61. The number of nitro groups is 1. The molecule has 9 heteroatoms. The number of para-hydroxylation sites is 2. The molecule has 0 unspecified atom stereocenters. The van der Waals surface area contributed by atoms with Crippen LogP contribution in [0.5, 0.6) is 5.75 Å². The van der Waals surface area contributed by atoms with Gasteiger partial charge in [0.1, 0.15) is 5.75 Å². The molecule has 2 rings (SSSR count). The van der Waals surface area contributed by atoms with Crippen molar-refractivity contribution in [1.82, 2.24) is 0 Å². The minimum Gasteiger partial charge on any atom is -0.492 e. The first kappa shape index (κ1) is 16.7. The van der Waals surface area contributed by atoms with Gasteiger partial charge in [-0.25, -0.2) is 8.42 Å². The molecule has 0 bridgehead atoms. The Labute approximate surface area is 131 Å². The van der Waals surface area contributed by atoms with Crippen LogP contribution in [-0.2, 0) is 10.0 Å². The summed E-state index contributed by atoms with van der Waals surface area (Å²) in [6.07, 6.45) is 0. The Morgan fingerprint density at radius 3 is 2.61 bits per heavy atom. The Morgan fingerprint density at radius 2 is 1.96 bits per heavy atom. The Balaban J connectivity index is 2.40. The fourth-order valence-corrected chi connectivity index (χ4v) is 2.93. The molecule has 0 aromatic heterocycles. The first-order valence-electron chi connectivity index (χ1n) is 6.53. The molecule has 7 nitrogen and oxygen atoms in total. The topological polar surface area (TPSA) is 98.5 Å². The molecule has 0 aliphatic rings. The molecule has 0 atom stereocenters. The minimum atomic E-state index is -4.13. The van der Waals surface area contributed by atoms with Crippen molar-refractivity contribution < 1.29 is 22.5 Å². The molecule has 0 saturated heterocycles. The van der Waals surface area contributed by atoms with E-state index >= 15 is 0 Å². The van der Waals surface area contributed by atoms with Gasteiger partial charge >= 0.3 is 5.69 Å². The summed E-state index contributed by atoms with van der Waals surface area (Å²) in [7, 11) is -4.13. The zero-order valence-electron chi connectivity index (χ0n) is 12.0. The molecular formula is C14H13FN2O5S. The van der Waals surface area contributed by atoms with E-state index < -0.39 is 31.3 Å². The van der Waals surface area contributed by atoms with Gasteiger partial charge in [-0.2, -0.15) is 4.39 Å². The van der Waals surface area contributed by atoms with Crippen molar-refractivity contribution in [3.05, 3.63) is 58.4 Å². The lowest BCUT2D eigenvalue weighted by Crippen LogP contribution is -2.14. The lowest BCUT2D eigenvalue weighted by Gasteiger charge is -2.12. The normalized spacial score (nSPS) is 11.0. The molecule has 0 spiro atoms. The maximum atomic E-state index is 13.3. The Kier molecular flexibility index (Phi) is 4.80. The number of nitrogens with zero attached hydrogens (tertiary/aromatic N) is 1. The second-order valence-corrected chi connectivity index (χ2v) is 6.09. The molecule has 0 saturated carbocycles. The van der Waals surface area contributed by atoms with Crippen LogP contribution in [-0.4, -0.2) is 19.9 Å². The van der Waals surface area contributed by atoms with E-state index in [1.807, 2.05) is 0 Å². The van der Waals surface area contributed by atoms with Crippen LogP contribution in [0.1, 0.15) is 6.92 Å². The van der Waals surface area contributed by atoms with Crippen molar-refractivity contribution in [2.24, 2.45) is 0 Å². The van der Waals surface area contributed by atoms with Crippen LogP contribution < -0.4 is 9.46 Å². The molecular weight excluding hydrogens is 327 g/mol. The van der Waals surface area contributed by atoms with E-state index in [2.05, 4.69) is 4.72 Å². The largest absolute Gasteiger partial charge is 0.492 e. The maximum Gasteiger partial charge on any atom is 0.306 e. The number of nitro benzene ring substituents is 1. The third kappa shape index (κ3) is 3.75. The molecule has 0 aliphatic carbocycles. The summed E-state index contributed by atoms with van der Waals surface area (Å²) in [4.78, 5) is 9.33. The monoisotopic (exact) mass is 340 g/mol. The van der Waals surface area contributed by atoms with Crippen LogP contribution in [0.2, 0.25) is 0 Å². The van der Waals surface area contributed by atoms with Crippen LogP contribution in [0.4, 0.5) is 15.8 Å². The summed E-state index contributed by atoms with van der Waals surface area (Å²) in [5.41, 5.74) is -0.729. The summed E-state index contributed by atoms with van der Waals surface area (Å²) >= 11 is 0. The highest BCUT2D eigenvalue weighted by molar-refractivity contribution is 7.92. The van der Waals surface area contributed by atoms with Gasteiger partial charge in [0.15, 0.2) is 0 Å². The van der Waals surface area contributed by atoms with Gasteiger partial charge in [0.25, 0.3) is 10.0 Å². The fourth-order valence-electron chi connectivity index (χ4n) is 1.84. The molecule has 122 valence electrons. The Bertz CT molecular complexity index is 839. The Morgan fingerprint density at radius 1 is 1.26 bits per heavy atom. The first-order valence-corrected chi connectivity index (χ1v) is 8.02. The summed E-state index contributed by atoms with van der Waals surface area (Å²) < 4.78 is 45.6. The molecule has 1 N–H and O–H groups in total. The van der Waals surface area contributed by atoms with E-state index in [1.165, 1.54) is 6.07 Å². The van der Waals surface area contributed by atoms with Crippen molar-refractivity contribution >= 4 is 21.4 Å². The van der Waals surface area contributed by atoms with E-state index in [1.54, 1.807) is 25.1 Å². The number of rotatable bonds is 6. The highest BCUT2D eigenvalue weighted by Crippen LogP contribution is 2.28. The Hall–Kier alpha value is -2.68. The number of benzene rings is 2. The average molecular weight is 340 g/mol. The number of hydrogen-bond donors (Lipinski definition) is 1. The molecule has 0 amide bonds. The van der Waals surface area contributed by atoms with Gasteiger partial charge in [-0.15, -0.1) is 0 Å². The summed E-state index contributed by atoms with van der Waals surface area (Å²) in [6, 6.07) is 8.70. The zero-order valence-corrected chi connectivity index (χ0v) is 12.8. The number of nitrogens with one attached hydrogen (secondary N) is 1. The summed E-state index contributed by atoms with van der Waals surface area (Å²) in [5, 5.41) is 10.7. The highest BCUT2D eigenvalue weighted by atomic mass is 32.2. The molecule has 2 aromatic carbocycles. The average Bonchev–Trinajstić information content (AvgIpc) is 2.49. The van der Waals surface area contributed by atoms with Gasteiger partial charge in [0.2, 0.25) is 5.82 Å². The van der Waals surface area contributed by atoms with Crippen molar-refractivity contribution in [2.75, 3.05) is 11.3 Å². The fraction of sp³-hybridized carbons (Fsp3) is 0.143. The van der Waals surface area contributed by atoms with Crippen LogP contribution in [0, 0.1) is 15.9 Å². The van der Waals surface area contributed by atoms with E-state index in [0.29, 0.717) is 18.4 Å². The third-order valence-corrected chi connectivity index (χ3v) is 4.22. The van der Waals surface area contributed by atoms with Gasteiger partial charge in [-0.05, 0) is 31.2 Å². The number of ether oxygens (including phenoxy) is 1. The van der Waals surface area contributed by atoms with Crippen molar-refractivity contribution in [1.29, 1.82) is 0 Å². The standard InChI is InChI=1S/C14H13FN2O5S/c1-2-22-14-6-4-3-5-12(14)16-23(20,21)10-7-8-11(15)13(9-10)17(18)19/h3-9,16H,2H2,1H3. The van der Waals surface area contributed by atoms with Crippen molar-refractivity contribution in [3.8, 4) is 5.75 Å². The van der Waals surface area contributed by atoms with E-state index in [0.717, 1.165) is 12.1 Å². The van der Waals surface area contributed by atoms with Crippen molar-refractivity contribution in [3.63, 3.8) is 0 Å². The number of halogens is 1. The zero-order chi connectivity index (χ0) is 17.0. The first-order chi connectivity index (χ1) is 10.8. The van der Waals surface area contributed by atoms with E-state index in [-0.39, 0.29) is 5.69 Å². The minimum absolute atomic E-state index is 0.182. The third-order valence-electron chi connectivity index (χ3n) is 2.86. The van der Waals surface area contributed by atoms with Crippen molar-refractivity contribution in [2.45, 2.75) is 11.8 Å². The molecule has 0 aliphatic heterocycles. The SMILES string of the molecule is CCOc1ccccc1NS(=O)(=O)c1ccc(F)c([N+](=O)[O-])c1. The molecule has 2 aromatic rings. The van der Waals surface area contributed by atoms with Crippen LogP contribution in [0.25, 0.3) is 0 Å². The molecule has 0 radical (unpaired) electrons. The van der Waals surface area contributed by atoms with Gasteiger partial charge in [0, 0.05) is 6.07 Å². The van der Waals surface area contributed by atoms with Crippen LogP contribution >= 0.6 is 0 Å². The van der Waals surface area contributed by atoms with Gasteiger partial charge in [-0.1, -0.05) is 12.1 Å². The maximum absolute atomic E-state index is 13.3. The molecule has 23 heavy (non-hydrogen) atoms. The molecule has 0 fully saturated rings. The number of anilines is 1. The summed E-state index contributed by atoms with van der Waals surface area (Å²) in [6.45, 7) is 2.08. The number of hydrogen-bond acceptors (Lipinski definition) is 5. The summed E-state index contributed by atoms with van der Waals surface area (Å²) in [5.74, 6) is -0.793.